The highest BCUT2D eigenvalue weighted by atomic mass is 16.6. The Morgan fingerprint density at radius 3 is 2.50 bits per heavy atom. The smallest absolute Gasteiger partial charge is 0.338 e. The summed E-state index contributed by atoms with van der Waals surface area (Å²) in [6.45, 7) is 4.00. The van der Waals surface area contributed by atoms with Crippen molar-refractivity contribution in [3.05, 3.63) is 11.6 Å². The van der Waals surface area contributed by atoms with E-state index in [1.807, 2.05) is 13.0 Å². The second kappa shape index (κ2) is 3.41. The molecule has 2 fully saturated rings. The predicted molar refractivity (Wildman–Crippen MR) is 54.8 cm³/mol. The van der Waals surface area contributed by atoms with Crippen LogP contribution in [0.5, 0.6) is 0 Å². The monoisotopic (exact) mass is 194 g/mol. The van der Waals surface area contributed by atoms with Crippen LogP contribution in [0, 0.1) is 5.92 Å². The van der Waals surface area contributed by atoms with E-state index in [-0.39, 0.29) is 11.6 Å². The topological polar surface area (TPSA) is 26.3 Å². The van der Waals surface area contributed by atoms with Gasteiger partial charge in [0, 0.05) is 5.92 Å². The van der Waals surface area contributed by atoms with Crippen molar-refractivity contribution in [1.29, 1.82) is 0 Å². The molecule has 0 aromatic carbocycles. The lowest BCUT2D eigenvalue weighted by Crippen LogP contribution is -2.53. The summed E-state index contributed by atoms with van der Waals surface area (Å²) in [6, 6.07) is 0. The lowest BCUT2D eigenvalue weighted by molar-refractivity contribution is -0.178. The maximum atomic E-state index is 11.2. The summed E-state index contributed by atoms with van der Waals surface area (Å²) in [7, 11) is 0. The highest BCUT2D eigenvalue weighted by Gasteiger charge is 2.52. The number of hydrogen-bond donors (Lipinski definition) is 0. The first-order valence-electron chi connectivity index (χ1n) is 5.58. The van der Waals surface area contributed by atoms with E-state index in [9.17, 15) is 4.79 Å². The summed E-state index contributed by atoms with van der Waals surface area (Å²) in [6.07, 6.45) is 8.25. The van der Waals surface area contributed by atoms with E-state index in [0.717, 1.165) is 5.57 Å². The molecule has 2 nitrogen and oxygen atoms in total. The number of rotatable bonds is 1. The van der Waals surface area contributed by atoms with E-state index >= 15 is 0 Å². The summed E-state index contributed by atoms with van der Waals surface area (Å²) in [5, 5.41) is 0. The van der Waals surface area contributed by atoms with Crippen molar-refractivity contribution in [2.45, 2.75) is 51.6 Å². The van der Waals surface area contributed by atoms with Gasteiger partial charge in [-0.15, -0.1) is 0 Å². The maximum absolute atomic E-state index is 11.2. The first kappa shape index (κ1) is 9.75. The molecule has 14 heavy (non-hydrogen) atoms. The van der Waals surface area contributed by atoms with Gasteiger partial charge in [-0.25, -0.2) is 4.79 Å². The third-order valence-electron chi connectivity index (χ3n) is 3.73. The van der Waals surface area contributed by atoms with Crippen LogP contribution in [0.4, 0.5) is 0 Å². The molecular weight excluding hydrogens is 176 g/mol. The van der Waals surface area contributed by atoms with Crippen LogP contribution in [0.15, 0.2) is 11.6 Å². The molecule has 1 aliphatic heterocycles. The van der Waals surface area contributed by atoms with Gasteiger partial charge in [-0.05, 0) is 26.7 Å². The molecule has 0 aromatic rings. The normalized spacial score (nSPS) is 36.7. The highest BCUT2D eigenvalue weighted by molar-refractivity contribution is 5.97. The molecule has 1 saturated carbocycles. The summed E-state index contributed by atoms with van der Waals surface area (Å²) in [4.78, 5) is 11.2. The van der Waals surface area contributed by atoms with Crippen molar-refractivity contribution in [1.82, 2.24) is 0 Å². The minimum absolute atomic E-state index is 0.111. The first-order chi connectivity index (χ1) is 6.68. The van der Waals surface area contributed by atoms with Gasteiger partial charge in [-0.3, -0.25) is 0 Å². The Morgan fingerprint density at radius 2 is 2.00 bits per heavy atom. The van der Waals surface area contributed by atoms with E-state index in [2.05, 4.69) is 6.92 Å². The van der Waals surface area contributed by atoms with Gasteiger partial charge >= 0.3 is 5.97 Å². The molecule has 0 N–H and O–H groups in total. The molecule has 0 bridgehead atoms. The minimum Gasteiger partial charge on any atom is -0.450 e. The molecule has 1 aliphatic carbocycles. The zero-order chi connectivity index (χ0) is 10.2. The van der Waals surface area contributed by atoms with Crippen LogP contribution in [0.2, 0.25) is 0 Å². The quantitative estimate of drug-likeness (QED) is 0.474. The Morgan fingerprint density at radius 1 is 1.36 bits per heavy atom. The number of carbonyl (C=O) groups is 1. The SMILES string of the molecule is C/C=C1/C(=O)OC1(C)C1CCCCC1. The van der Waals surface area contributed by atoms with Crippen molar-refractivity contribution in [2.24, 2.45) is 5.92 Å². The third kappa shape index (κ3) is 1.28. The molecule has 2 aliphatic rings. The Bertz CT molecular complexity index is 274. The van der Waals surface area contributed by atoms with Crippen LogP contribution in [0.25, 0.3) is 0 Å². The van der Waals surface area contributed by atoms with Crippen LogP contribution in [0.1, 0.15) is 46.0 Å². The zero-order valence-electron chi connectivity index (χ0n) is 9.01. The van der Waals surface area contributed by atoms with Crippen molar-refractivity contribution in [2.75, 3.05) is 0 Å². The number of carbonyl (C=O) groups excluding carboxylic acids is 1. The third-order valence-corrected chi connectivity index (χ3v) is 3.73. The standard InChI is InChI=1S/C12H18O2/c1-3-10-11(13)14-12(10,2)9-7-5-4-6-8-9/h3,9H,4-8H2,1-2H3/b10-3-. The summed E-state index contributed by atoms with van der Waals surface area (Å²) in [5.74, 6) is 0.445. The molecule has 1 heterocycles. The Kier molecular flexibility index (Phi) is 2.38. The maximum Gasteiger partial charge on any atom is 0.338 e. The van der Waals surface area contributed by atoms with Crippen LogP contribution < -0.4 is 0 Å². The van der Waals surface area contributed by atoms with Crippen LogP contribution in [-0.4, -0.2) is 11.6 Å². The minimum atomic E-state index is -0.258. The average molecular weight is 194 g/mol. The lowest BCUT2D eigenvalue weighted by atomic mass is 9.71. The van der Waals surface area contributed by atoms with Crippen LogP contribution in [-0.2, 0) is 9.53 Å². The molecular formula is C12H18O2. The zero-order valence-corrected chi connectivity index (χ0v) is 9.01. The molecule has 1 unspecified atom stereocenters. The fourth-order valence-electron chi connectivity index (χ4n) is 2.82. The largest absolute Gasteiger partial charge is 0.450 e. The average Bonchev–Trinajstić information content (AvgIpc) is 2.19. The lowest BCUT2D eigenvalue weighted by Gasteiger charge is -2.46. The van der Waals surface area contributed by atoms with Gasteiger partial charge in [0.05, 0.1) is 5.57 Å². The number of hydrogen-bond acceptors (Lipinski definition) is 2. The van der Waals surface area contributed by atoms with Gasteiger partial charge in [-0.1, -0.05) is 25.3 Å². The number of esters is 1. The van der Waals surface area contributed by atoms with Gasteiger partial charge in [0.1, 0.15) is 5.60 Å². The van der Waals surface area contributed by atoms with Crippen molar-refractivity contribution >= 4 is 5.97 Å². The fraction of sp³-hybridized carbons (Fsp3) is 0.750. The van der Waals surface area contributed by atoms with Crippen molar-refractivity contribution < 1.29 is 9.53 Å². The van der Waals surface area contributed by atoms with Gasteiger partial charge in [0.15, 0.2) is 0 Å². The number of cyclic esters (lactones) is 1. The molecule has 2 rings (SSSR count). The van der Waals surface area contributed by atoms with E-state index in [4.69, 9.17) is 4.74 Å². The summed E-state index contributed by atoms with van der Waals surface area (Å²) >= 11 is 0. The predicted octanol–water partition coefficient (Wildman–Crippen LogP) is 2.83. The van der Waals surface area contributed by atoms with Gasteiger partial charge in [0.2, 0.25) is 0 Å². The molecule has 0 radical (unpaired) electrons. The Labute approximate surface area is 85.3 Å². The van der Waals surface area contributed by atoms with Crippen LogP contribution >= 0.6 is 0 Å². The summed E-state index contributed by atoms with van der Waals surface area (Å²) in [5.41, 5.74) is 0.635. The first-order valence-corrected chi connectivity index (χ1v) is 5.58. The second-order valence-electron chi connectivity index (χ2n) is 4.53. The fourth-order valence-corrected chi connectivity index (χ4v) is 2.82. The van der Waals surface area contributed by atoms with E-state index in [0.29, 0.717) is 5.92 Å². The van der Waals surface area contributed by atoms with Crippen molar-refractivity contribution in [3.63, 3.8) is 0 Å². The molecule has 0 aromatic heterocycles. The van der Waals surface area contributed by atoms with Gasteiger partial charge in [-0.2, -0.15) is 0 Å². The van der Waals surface area contributed by atoms with Gasteiger partial charge in [0.25, 0.3) is 0 Å². The molecule has 1 saturated heterocycles. The number of allylic oxidation sites excluding steroid dienone is 1. The molecule has 1 atom stereocenters. The van der Waals surface area contributed by atoms with Crippen molar-refractivity contribution in [3.8, 4) is 0 Å². The molecule has 0 amide bonds. The van der Waals surface area contributed by atoms with E-state index < -0.39 is 0 Å². The Hall–Kier alpha value is -0.790. The molecule has 2 heteroatoms. The molecule has 0 spiro atoms. The molecule has 78 valence electrons. The second-order valence-corrected chi connectivity index (χ2v) is 4.53. The highest BCUT2D eigenvalue weighted by Crippen LogP contribution is 2.45. The number of ether oxygens (including phenoxy) is 1. The van der Waals surface area contributed by atoms with E-state index in [1.54, 1.807) is 0 Å². The van der Waals surface area contributed by atoms with Crippen LogP contribution in [0.3, 0.4) is 0 Å². The summed E-state index contributed by atoms with van der Waals surface area (Å²) < 4.78 is 5.36. The van der Waals surface area contributed by atoms with Gasteiger partial charge < -0.3 is 4.74 Å². The Balaban J connectivity index is 2.12. The van der Waals surface area contributed by atoms with E-state index in [1.165, 1.54) is 32.1 Å².